The Morgan fingerprint density at radius 1 is 1.08 bits per heavy atom. The van der Waals surface area contributed by atoms with Crippen LogP contribution in [0.15, 0.2) is 24.3 Å². The minimum Gasteiger partial charge on any atom is -0.348 e. The van der Waals surface area contributed by atoms with Gasteiger partial charge in [-0.25, -0.2) is 4.39 Å². The third kappa shape index (κ3) is 4.77. The van der Waals surface area contributed by atoms with Crippen LogP contribution in [0, 0.1) is 5.82 Å². The maximum Gasteiger partial charge on any atom is 0.237 e. The normalized spacial score (nSPS) is 18.6. The minimum atomic E-state index is -0.287. The van der Waals surface area contributed by atoms with E-state index < -0.39 is 0 Å². The number of halogens is 1. The van der Waals surface area contributed by atoms with E-state index in [0.717, 1.165) is 25.1 Å². The molecule has 2 rings (SSSR count). The summed E-state index contributed by atoms with van der Waals surface area (Å²) in [5.74, 6) is -0.257. The Bertz CT molecular complexity index is 576. The molecular formula is C18H26FN3O2. The van der Waals surface area contributed by atoms with Crippen molar-refractivity contribution in [1.29, 1.82) is 0 Å². The fourth-order valence-electron chi connectivity index (χ4n) is 2.97. The van der Waals surface area contributed by atoms with Gasteiger partial charge in [0.05, 0.1) is 12.1 Å². The first-order valence-electron chi connectivity index (χ1n) is 8.44. The standard InChI is InChI=1S/C18H26FN3O2/c1-13(16-5-7-17(19)8-6-16)20-18(24)14(2)21-9-4-10-22(12-11-21)15(3)23/h5-8,13-14H,4,9-12H2,1-3H3,(H,20,24)/t13-,14-/m1/s1. The molecule has 5 nitrogen and oxygen atoms in total. The molecule has 2 atom stereocenters. The first-order valence-corrected chi connectivity index (χ1v) is 8.44. The van der Waals surface area contributed by atoms with Crippen LogP contribution in [0.4, 0.5) is 4.39 Å². The second kappa shape index (κ2) is 8.24. The molecule has 1 fully saturated rings. The second-order valence-corrected chi connectivity index (χ2v) is 6.35. The number of nitrogens with one attached hydrogen (secondary N) is 1. The largest absolute Gasteiger partial charge is 0.348 e. The van der Waals surface area contributed by atoms with E-state index in [1.165, 1.54) is 12.1 Å². The summed E-state index contributed by atoms with van der Waals surface area (Å²) in [5, 5.41) is 2.98. The second-order valence-electron chi connectivity index (χ2n) is 6.35. The monoisotopic (exact) mass is 335 g/mol. The van der Waals surface area contributed by atoms with Crippen molar-refractivity contribution in [2.45, 2.75) is 39.3 Å². The molecule has 0 spiro atoms. The molecule has 6 heteroatoms. The highest BCUT2D eigenvalue weighted by Crippen LogP contribution is 2.14. The molecule has 0 bridgehead atoms. The van der Waals surface area contributed by atoms with E-state index in [2.05, 4.69) is 10.2 Å². The molecule has 1 aliphatic rings. The van der Waals surface area contributed by atoms with Gasteiger partial charge in [-0.15, -0.1) is 0 Å². The number of carbonyl (C=O) groups is 2. The zero-order valence-electron chi connectivity index (χ0n) is 14.6. The molecule has 1 aliphatic heterocycles. The predicted octanol–water partition coefficient (Wildman–Crippen LogP) is 1.95. The van der Waals surface area contributed by atoms with Gasteiger partial charge in [0.25, 0.3) is 0 Å². The van der Waals surface area contributed by atoms with E-state index in [1.54, 1.807) is 19.1 Å². The van der Waals surface area contributed by atoms with Crippen molar-refractivity contribution >= 4 is 11.8 Å². The van der Waals surface area contributed by atoms with Gasteiger partial charge >= 0.3 is 0 Å². The molecule has 0 aromatic heterocycles. The Balaban J connectivity index is 1.91. The molecular weight excluding hydrogens is 309 g/mol. The summed E-state index contributed by atoms with van der Waals surface area (Å²) in [7, 11) is 0. The van der Waals surface area contributed by atoms with Gasteiger partial charge in [-0.3, -0.25) is 14.5 Å². The van der Waals surface area contributed by atoms with Gasteiger partial charge in [-0.2, -0.15) is 0 Å². The maximum absolute atomic E-state index is 13.0. The average Bonchev–Trinajstić information content (AvgIpc) is 2.80. The van der Waals surface area contributed by atoms with Crippen LogP contribution in [-0.4, -0.2) is 53.8 Å². The first-order chi connectivity index (χ1) is 11.4. The number of carbonyl (C=O) groups excluding carboxylic acids is 2. The van der Waals surface area contributed by atoms with Crippen LogP contribution in [0.25, 0.3) is 0 Å². The lowest BCUT2D eigenvalue weighted by Crippen LogP contribution is -2.47. The lowest BCUT2D eigenvalue weighted by molar-refractivity contribution is -0.128. The molecule has 1 saturated heterocycles. The fourth-order valence-corrected chi connectivity index (χ4v) is 2.97. The highest BCUT2D eigenvalue weighted by atomic mass is 19.1. The Hall–Kier alpha value is -1.95. The van der Waals surface area contributed by atoms with Gasteiger partial charge < -0.3 is 10.2 Å². The Labute approximate surface area is 142 Å². The first kappa shape index (κ1) is 18.4. The molecule has 2 amide bonds. The number of amides is 2. The third-order valence-electron chi connectivity index (χ3n) is 4.63. The molecule has 0 aliphatic carbocycles. The van der Waals surface area contributed by atoms with E-state index >= 15 is 0 Å². The Morgan fingerprint density at radius 2 is 1.75 bits per heavy atom. The van der Waals surface area contributed by atoms with Crippen LogP contribution in [-0.2, 0) is 9.59 Å². The molecule has 1 aromatic carbocycles. The smallest absolute Gasteiger partial charge is 0.237 e. The average molecular weight is 335 g/mol. The van der Waals surface area contributed by atoms with Crippen LogP contribution in [0.1, 0.15) is 38.8 Å². The number of benzene rings is 1. The van der Waals surface area contributed by atoms with Gasteiger partial charge in [-0.1, -0.05) is 12.1 Å². The van der Waals surface area contributed by atoms with E-state index in [9.17, 15) is 14.0 Å². The van der Waals surface area contributed by atoms with Crippen molar-refractivity contribution in [3.8, 4) is 0 Å². The summed E-state index contributed by atoms with van der Waals surface area (Å²) in [6, 6.07) is 5.71. The zero-order valence-corrected chi connectivity index (χ0v) is 14.6. The van der Waals surface area contributed by atoms with Gasteiger partial charge in [0.1, 0.15) is 5.82 Å². The minimum absolute atomic E-state index is 0.0527. The number of nitrogens with zero attached hydrogens (tertiary/aromatic N) is 2. The van der Waals surface area contributed by atoms with E-state index in [0.29, 0.717) is 13.1 Å². The highest BCUT2D eigenvalue weighted by Gasteiger charge is 2.25. The number of rotatable bonds is 4. The zero-order chi connectivity index (χ0) is 17.7. The van der Waals surface area contributed by atoms with Crippen LogP contribution >= 0.6 is 0 Å². The lowest BCUT2D eigenvalue weighted by Gasteiger charge is -2.28. The molecule has 1 heterocycles. The molecule has 132 valence electrons. The lowest BCUT2D eigenvalue weighted by atomic mass is 10.1. The third-order valence-corrected chi connectivity index (χ3v) is 4.63. The van der Waals surface area contributed by atoms with Crippen molar-refractivity contribution < 1.29 is 14.0 Å². The van der Waals surface area contributed by atoms with Crippen LogP contribution in [0.5, 0.6) is 0 Å². The Kier molecular flexibility index (Phi) is 6.31. The summed E-state index contributed by atoms with van der Waals surface area (Å²) in [6.45, 7) is 8.24. The van der Waals surface area contributed by atoms with E-state index in [-0.39, 0.29) is 29.7 Å². The van der Waals surface area contributed by atoms with Crippen LogP contribution in [0.2, 0.25) is 0 Å². The van der Waals surface area contributed by atoms with Crippen molar-refractivity contribution in [3.63, 3.8) is 0 Å². The topological polar surface area (TPSA) is 52.7 Å². The van der Waals surface area contributed by atoms with E-state index in [1.807, 2.05) is 18.7 Å². The predicted molar refractivity (Wildman–Crippen MR) is 90.9 cm³/mol. The summed E-state index contributed by atoms with van der Waals surface area (Å²) in [5.41, 5.74) is 0.871. The van der Waals surface area contributed by atoms with Crippen LogP contribution in [0.3, 0.4) is 0 Å². The van der Waals surface area contributed by atoms with Gasteiger partial charge in [-0.05, 0) is 38.0 Å². The maximum atomic E-state index is 13.0. The Morgan fingerprint density at radius 3 is 2.38 bits per heavy atom. The van der Waals surface area contributed by atoms with Crippen LogP contribution < -0.4 is 5.32 Å². The van der Waals surface area contributed by atoms with Crippen molar-refractivity contribution in [2.24, 2.45) is 0 Å². The van der Waals surface area contributed by atoms with Crippen molar-refractivity contribution in [1.82, 2.24) is 15.1 Å². The molecule has 0 radical (unpaired) electrons. The summed E-state index contributed by atoms with van der Waals surface area (Å²) in [4.78, 5) is 27.9. The fraction of sp³-hybridized carbons (Fsp3) is 0.556. The van der Waals surface area contributed by atoms with Gasteiger partial charge in [0.15, 0.2) is 0 Å². The molecule has 1 aromatic rings. The van der Waals surface area contributed by atoms with Crippen molar-refractivity contribution in [3.05, 3.63) is 35.6 Å². The van der Waals surface area contributed by atoms with Gasteiger partial charge in [0.2, 0.25) is 11.8 Å². The summed E-state index contributed by atoms with van der Waals surface area (Å²) >= 11 is 0. The summed E-state index contributed by atoms with van der Waals surface area (Å²) < 4.78 is 13.0. The molecule has 0 saturated carbocycles. The number of hydrogen-bond donors (Lipinski definition) is 1. The molecule has 0 unspecified atom stereocenters. The molecule has 1 N–H and O–H groups in total. The highest BCUT2D eigenvalue weighted by molar-refractivity contribution is 5.81. The SMILES string of the molecule is CC(=O)N1CCCN([C@H](C)C(=O)N[C@H](C)c2ccc(F)cc2)CC1. The quantitative estimate of drug-likeness (QED) is 0.915. The van der Waals surface area contributed by atoms with Gasteiger partial charge in [0, 0.05) is 33.1 Å². The molecule has 24 heavy (non-hydrogen) atoms. The van der Waals surface area contributed by atoms with E-state index in [4.69, 9.17) is 0 Å². The summed E-state index contributed by atoms with van der Waals surface area (Å²) in [6.07, 6.45) is 0.866. The van der Waals surface area contributed by atoms with Crippen molar-refractivity contribution in [2.75, 3.05) is 26.2 Å². The number of hydrogen-bond acceptors (Lipinski definition) is 3.